The van der Waals surface area contributed by atoms with Crippen molar-refractivity contribution in [3.8, 4) is 0 Å². The van der Waals surface area contributed by atoms with Crippen molar-refractivity contribution in [1.82, 2.24) is 4.98 Å². The van der Waals surface area contributed by atoms with Crippen LogP contribution in [0.25, 0.3) is 0 Å². The molecule has 0 fully saturated rings. The molecule has 0 unspecified atom stereocenters. The fourth-order valence-corrected chi connectivity index (χ4v) is 2.42. The summed E-state index contributed by atoms with van der Waals surface area (Å²) in [6, 6.07) is 1.11. The second-order valence-corrected chi connectivity index (χ2v) is 4.33. The summed E-state index contributed by atoms with van der Waals surface area (Å²) in [4.78, 5) is 14.3. The van der Waals surface area contributed by atoms with E-state index < -0.39 is 18.1 Å². The second kappa shape index (κ2) is 5.67. The number of hydrogen-bond donors (Lipinski definition) is 1. The van der Waals surface area contributed by atoms with Gasteiger partial charge >= 0.3 is 5.97 Å². The number of rotatable bonds is 4. The summed E-state index contributed by atoms with van der Waals surface area (Å²) in [5.74, 6) is -1.08. The van der Waals surface area contributed by atoms with Crippen molar-refractivity contribution in [3.05, 3.63) is 27.5 Å². The first-order valence-electron chi connectivity index (χ1n) is 4.19. The number of carboxylic acids is 1. The van der Waals surface area contributed by atoms with Crippen molar-refractivity contribution in [1.29, 1.82) is 0 Å². The van der Waals surface area contributed by atoms with E-state index in [4.69, 9.17) is 5.11 Å². The Bertz CT molecular complexity index is 413. The Balaban J connectivity index is 3.24. The molecular weight excluding hydrogens is 352 g/mol. The smallest absolute Gasteiger partial charge is 0.307 e. The number of pyridine rings is 1. The van der Waals surface area contributed by atoms with Crippen LogP contribution in [0.5, 0.6) is 0 Å². The number of alkyl halides is 3. The monoisotopic (exact) mass is 357 g/mol. The van der Waals surface area contributed by atoms with Crippen molar-refractivity contribution in [2.24, 2.45) is 0 Å². The standard InChI is InChI=1S/C9H7Br2F2NO2/c10-3-6-8(11)4(2-7(15)16)1-5(14-6)9(12)13/h1,9H,2-3H2,(H,15,16). The maximum Gasteiger partial charge on any atom is 0.307 e. The van der Waals surface area contributed by atoms with Crippen LogP contribution in [0.4, 0.5) is 8.78 Å². The normalized spacial score (nSPS) is 10.8. The highest BCUT2D eigenvalue weighted by Crippen LogP contribution is 2.27. The molecule has 0 saturated carbocycles. The number of halogens is 4. The maximum absolute atomic E-state index is 12.5. The van der Waals surface area contributed by atoms with Gasteiger partial charge in [0.2, 0.25) is 0 Å². The fraction of sp³-hybridized carbons (Fsp3) is 0.333. The summed E-state index contributed by atoms with van der Waals surface area (Å²) in [6.07, 6.45) is -3.03. The third-order valence-electron chi connectivity index (χ3n) is 1.81. The highest BCUT2D eigenvalue weighted by molar-refractivity contribution is 9.10. The van der Waals surface area contributed by atoms with E-state index in [9.17, 15) is 13.6 Å². The molecule has 0 spiro atoms. The lowest BCUT2D eigenvalue weighted by Gasteiger charge is -2.09. The van der Waals surface area contributed by atoms with Crippen LogP contribution in [0.1, 0.15) is 23.4 Å². The van der Waals surface area contributed by atoms with Gasteiger partial charge in [-0.2, -0.15) is 0 Å². The van der Waals surface area contributed by atoms with Gasteiger partial charge in [-0.3, -0.25) is 4.79 Å². The summed E-state index contributed by atoms with van der Waals surface area (Å²) in [5.41, 5.74) is 0.259. The number of aromatic nitrogens is 1. The van der Waals surface area contributed by atoms with Crippen LogP contribution >= 0.6 is 31.9 Å². The number of carbonyl (C=O) groups is 1. The van der Waals surface area contributed by atoms with Gasteiger partial charge in [0, 0.05) is 9.80 Å². The van der Waals surface area contributed by atoms with Crippen molar-refractivity contribution in [2.45, 2.75) is 18.2 Å². The molecule has 1 aromatic rings. The molecule has 3 nitrogen and oxygen atoms in total. The van der Waals surface area contributed by atoms with E-state index in [2.05, 4.69) is 36.8 Å². The third kappa shape index (κ3) is 3.21. The summed E-state index contributed by atoms with van der Waals surface area (Å²) in [6.45, 7) is 0. The molecule has 7 heteroatoms. The first-order chi connectivity index (χ1) is 7.45. The first kappa shape index (κ1) is 13.5. The van der Waals surface area contributed by atoms with Crippen LogP contribution in [-0.4, -0.2) is 16.1 Å². The highest BCUT2D eigenvalue weighted by Gasteiger charge is 2.17. The summed E-state index contributed by atoms with van der Waals surface area (Å²) < 4.78 is 25.4. The molecule has 1 N–H and O–H groups in total. The number of aliphatic carboxylic acids is 1. The van der Waals surface area contributed by atoms with Gasteiger partial charge in [0.25, 0.3) is 6.43 Å². The van der Waals surface area contributed by atoms with Gasteiger partial charge in [-0.15, -0.1) is 0 Å². The highest BCUT2D eigenvalue weighted by atomic mass is 79.9. The summed E-state index contributed by atoms with van der Waals surface area (Å²) >= 11 is 6.26. The zero-order valence-corrected chi connectivity index (χ0v) is 11.1. The van der Waals surface area contributed by atoms with Crippen LogP contribution in [0.2, 0.25) is 0 Å². The topological polar surface area (TPSA) is 50.2 Å². The Morgan fingerprint density at radius 3 is 2.62 bits per heavy atom. The molecule has 0 aliphatic carbocycles. The zero-order chi connectivity index (χ0) is 12.3. The van der Waals surface area contributed by atoms with Crippen LogP contribution in [-0.2, 0) is 16.5 Å². The largest absolute Gasteiger partial charge is 0.481 e. The maximum atomic E-state index is 12.5. The van der Waals surface area contributed by atoms with Crippen molar-refractivity contribution in [3.63, 3.8) is 0 Å². The number of nitrogens with zero attached hydrogens (tertiary/aromatic N) is 1. The van der Waals surface area contributed by atoms with E-state index in [1.807, 2.05) is 0 Å². The lowest BCUT2D eigenvalue weighted by Crippen LogP contribution is -2.05. The fourth-order valence-electron chi connectivity index (χ4n) is 1.16. The quantitative estimate of drug-likeness (QED) is 0.840. The Hall–Kier alpha value is -0.560. The van der Waals surface area contributed by atoms with Crippen molar-refractivity contribution < 1.29 is 18.7 Å². The molecule has 0 aliphatic heterocycles. The van der Waals surface area contributed by atoms with E-state index in [-0.39, 0.29) is 11.8 Å². The number of carboxylic acid groups (broad SMARTS) is 1. The SMILES string of the molecule is O=C(O)Cc1cc(C(F)F)nc(CBr)c1Br. The zero-order valence-electron chi connectivity index (χ0n) is 7.88. The Morgan fingerprint density at radius 2 is 2.19 bits per heavy atom. The molecule has 16 heavy (non-hydrogen) atoms. The van der Waals surface area contributed by atoms with Crippen molar-refractivity contribution >= 4 is 37.8 Å². The molecule has 0 atom stereocenters. The molecule has 0 aliphatic rings. The molecule has 0 aromatic carbocycles. The molecule has 1 rings (SSSR count). The first-order valence-corrected chi connectivity index (χ1v) is 6.11. The molecule has 1 aromatic heterocycles. The van der Waals surface area contributed by atoms with E-state index in [1.165, 1.54) is 0 Å². The molecule has 0 bridgehead atoms. The van der Waals surface area contributed by atoms with Gasteiger partial charge in [0.15, 0.2) is 0 Å². The molecule has 1 heterocycles. The lowest BCUT2D eigenvalue weighted by molar-refractivity contribution is -0.136. The predicted octanol–water partition coefficient (Wildman–Crippen LogP) is 3.30. The molecular formula is C9H7Br2F2NO2. The average molecular weight is 359 g/mol. The van der Waals surface area contributed by atoms with Gasteiger partial charge in [0.05, 0.1) is 12.1 Å². The minimum absolute atomic E-state index is 0.279. The lowest BCUT2D eigenvalue weighted by atomic mass is 10.1. The Labute approximate surface area is 107 Å². The van der Waals surface area contributed by atoms with Crippen LogP contribution < -0.4 is 0 Å². The predicted molar refractivity (Wildman–Crippen MR) is 60.9 cm³/mol. The van der Waals surface area contributed by atoms with E-state index in [1.54, 1.807) is 0 Å². The van der Waals surface area contributed by atoms with Gasteiger partial charge in [-0.1, -0.05) is 15.9 Å². The summed E-state index contributed by atoms with van der Waals surface area (Å²) in [5, 5.41) is 8.92. The second-order valence-electron chi connectivity index (χ2n) is 2.97. The van der Waals surface area contributed by atoms with Crippen LogP contribution in [0.3, 0.4) is 0 Å². The van der Waals surface area contributed by atoms with Crippen LogP contribution in [0.15, 0.2) is 10.5 Å². The van der Waals surface area contributed by atoms with E-state index in [0.29, 0.717) is 15.7 Å². The summed E-state index contributed by atoms with van der Waals surface area (Å²) in [7, 11) is 0. The Morgan fingerprint density at radius 1 is 1.56 bits per heavy atom. The molecule has 88 valence electrons. The minimum atomic E-state index is -2.71. The molecule has 0 amide bonds. The Kier molecular flexibility index (Phi) is 4.79. The van der Waals surface area contributed by atoms with Crippen LogP contribution in [0, 0.1) is 0 Å². The third-order valence-corrected chi connectivity index (χ3v) is 3.31. The molecule has 0 saturated heterocycles. The molecule has 0 radical (unpaired) electrons. The van der Waals surface area contributed by atoms with Crippen molar-refractivity contribution in [2.75, 3.05) is 0 Å². The van der Waals surface area contributed by atoms with Gasteiger partial charge in [-0.05, 0) is 27.6 Å². The van der Waals surface area contributed by atoms with Gasteiger partial charge < -0.3 is 5.11 Å². The van der Waals surface area contributed by atoms with E-state index >= 15 is 0 Å². The minimum Gasteiger partial charge on any atom is -0.481 e. The average Bonchev–Trinajstić information content (AvgIpc) is 2.20. The van der Waals surface area contributed by atoms with Gasteiger partial charge in [-0.25, -0.2) is 13.8 Å². The van der Waals surface area contributed by atoms with E-state index in [0.717, 1.165) is 6.07 Å². The van der Waals surface area contributed by atoms with Gasteiger partial charge in [0.1, 0.15) is 5.69 Å². The number of hydrogen-bond acceptors (Lipinski definition) is 2.